The molecule has 2 rings (SSSR count). The van der Waals surface area contributed by atoms with Gasteiger partial charge in [-0.3, -0.25) is 9.48 Å². The van der Waals surface area contributed by atoms with Crippen molar-refractivity contribution in [2.75, 3.05) is 5.32 Å². The quantitative estimate of drug-likeness (QED) is 0.717. The Balaban J connectivity index is 2.22. The molecule has 26 heavy (non-hydrogen) atoms. The Kier molecular flexibility index (Phi) is 5.33. The van der Waals surface area contributed by atoms with Crippen LogP contribution in [0.25, 0.3) is 0 Å². The highest BCUT2D eigenvalue weighted by atomic mass is 79.9. The topological polar surface area (TPSA) is 104 Å². The van der Waals surface area contributed by atoms with E-state index >= 15 is 0 Å². The number of anilines is 1. The van der Waals surface area contributed by atoms with Gasteiger partial charge in [-0.2, -0.15) is 22.8 Å². The smallest absolute Gasteiger partial charge is 0.378 e. The summed E-state index contributed by atoms with van der Waals surface area (Å²) in [6, 6.07) is 1.84. The lowest BCUT2D eigenvalue weighted by atomic mass is 10.1. The average Bonchev–Trinajstić information content (AvgIpc) is 2.83. The van der Waals surface area contributed by atoms with Gasteiger partial charge in [-0.1, -0.05) is 0 Å². The number of carbonyl (C=O) groups excluding carboxylic acids is 1. The minimum atomic E-state index is -4.85. The number of hydrogen-bond donors (Lipinski definition) is 2. The molecule has 1 atom stereocenters. The van der Waals surface area contributed by atoms with Gasteiger partial charge in [0.15, 0.2) is 11.3 Å². The Labute approximate surface area is 152 Å². The summed E-state index contributed by atoms with van der Waals surface area (Å²) < 4.78 is 52.9. The monoisotopic (exact) mass is 435 g/mol. The maximum Gasteiger partial charge on any atom is 0.419 e. The number of alkyl halides is 3. The molecule has 0 radical (unpaired) electrons. The number of nitrogens with zero attached hydrogens (tertiary/aromatic N) is 4. The average molecular weight is 436 g/mol. The van der Waals surface area contributed by atoms with Crippen LogP contribution < -0.4 is 5.32 Å². The van der Waals surface area contributed by atoms with Crippen molar-refractivity contribution in [2.45, 2.75) is 25.2 Å². The Morgan fingerprint density at radius 3 is 2.65 bits per heavy atom. The second kappa shape index (κ2) is 7.00. The number of nitriles is 1. The number of aromatic nitrogens is 3. The maximum absolute atomic E-state index is 13.2. The van der Waals surface area contributed by atoms with E-state index < -0.39 is 41.4 Å². The van der Waals surface area contributed by atoms with E-state index in [1.807, 2.05) is 0 Å². The third-order valence-corrected chi connectivity index (χ3v) is 3.72. The van der Waals surface area contributed by atoms with Gasteiger partial charge in [0.05, 0.1) is 28.5 Å². The second-order valence-electron chi connectivity index (χ2n) is 5.42. The van der Waals surface area contributed by atoms with Gasteiger partial charge in [0.1, 0.15) is 6.07 Å². The first kappa shape index (κ1) is 19.8. The molecule has 0 bridgehead atoms. The van der Waals surface area contributed by atoms with Crippen molar-refractivity contribution < 1.29 is 27.5 Å². The summed E-state index contributed by atoms with van der Waals surface area (Å²) in [5, 5.41) is 24.4. The molecule has 138 valence electrons. The molecular formula is C14H10BrF4N5O2. The van der Waals surface area contributed by atoms with Crippen LogP contribution in [0, 0.1) is 17.3 Å². The van der Waals surface area contributed by atoms with Gasteiger partial charge in [0.2, 0.25) is 5.95 Å². The van der Waals surface area contributed by atoms with E-state index in [1.165, 1.54) is 12.3 Å². The molecule has 0 aliphatic rings. The minimum absolute atomic E-state index is 0.0137. The summed E-state index contributed by atoms with van der Waals surface area (Å²) in [4.78, 5) is 15.5. The number of rotatable bonds is 4. The number of hydrogen-bond acceptors (Lipinski definition) is 5. The van der Waals surface area contributed by atoms with E-state index in [1.54, 1.807) is 0 Å². The van der Waals surface area contributed by atoms with E-state index in [2.05, 4.69) is 31.3 Å². The molecule has 12 heteroatoms. The third kappa shape index (κ3) is 4.36. The van der Waals surface area contributed by atoms with Crippen LogP contribution in [0.15, 0.2) is 22.9 Å². The fourth-order valence-electron chi connectivity index (χ4n) is 1.95. The van der Waals surface area contributed by atoms with Crippen molar-refractivity contribution in [2.24, 2.45) is 0 Å². The zero-order chi connectivity index (χ0) is 19.7. The van der Waals surface area contributed by atoms with Crippen LogP contribution in [0.1, 0.15) is 18.2 Å². The third-order valence-electron chi connectivity index (χ3n) is 3.19. The van der Waals surface area contributed by atoms with Gasteiger partial charge in [0.25, 0.3) is 5.91 Å². The number of aliphatic hydroxyl groups is 1. The molecular weight excluding hydrogens is 426 g/mol. The van der Waals surface area contributed by atoms with E-state index in [0.29, 0.717) is 6.07 Å². The van der Waals surface area contributed by atoms with Crippen molar-refractivity contribution in [3.8, 4) is 6.07 Å². The highest BCUT2D eigenvalue weighted by Crippen LogP contribution is 2.32. The van der Waals surface area contributed by atoms with Gasteiger partial charge < -0.3 is 10.4 Å². The fourth-order valence-corrected chi connectivity index (χ4v) is 2.26. The SMILES string of the molecule is C[C@](O)(Cn1cc(Br)c(F)n1)C(=O)Nc1cnc(C#N)c(C(F)(F)F)c1. The van der Waals surface area contributed by atoms with Gasteiger partial charge >= 0.3 is 6.18 Å². The summed E-state index contributed by atoms with van der Waals surface area (Å²) in [5.74, 6) is -1.92. The maximum atomic E-state index is 13.2. The normalized spacial score (nSPS) is 13.8. The van der Waals surface area contributed by atoms with Crippen LogP contribution in [0.4, 0.5) is 23.2 Å². The van der Waals surface area contributed by atoms with Crippen molar-refractivity contribution in [1.29, 1.82) is 5.26 Å². The van der Waals surface area contributed by atoms with Crippen LogP contribution in [0.3, 0.4) is 0 Å². The van der Waals surface area contributed by atoms with Crippen LogP contribution in [-0.2, 0) is 17.5 Å². The molecule has 0 aliphatic heterocycles. The molecule has 0 aliphatic carbocycles. The van der Waals surface area contributed by atoms with E-state index in [-0.39, 0.29) is 10.2 Å². The molecule has 2 aromatic rings. The summed E-state index contributed by atoms with van der Waals surface area (Å²) >= 11 is 2.87. The van der Waals surface area contributed by atoms with Gasteiger partial charge in [-0.05, 0) is 28.9 Å². The van der Waals surface area contributed by atoms with Crippen LogP contribution in [-0.4, -0.2) is 31.4 Å². The number of amides is 1. The standard InChI is InChI=1S/C14H10BrF4N5O2/c1-13(26,6-24-5-9(15)11(16)23-24)12(25)22-7-2-8(14(17,18)19)10(3-20)21-4-7/h2,4-5,26H,6H2,1H3,(H,22,25)/t13-/m0/s1. The first-order valence-corrected chi connectivity index (χ1v) is 7.63. The number of pyridine rings is 1. The summed E-state index contributed by atoms with van der Waals surface area (Å²) in [5.41, 5.74) is -4.66. The molecule has 0 saturated carbocycles. The number of halogens is 5. The fraction of sp³-hybridized carbons (Fsp3) is 0.286. The molecule has 1 amide bonds. The van der Waals surface area contributed by atoms with Crippen molar-refractivity contribution in [3.63, 3.8) is 0 Å². The predicted octanol–water partition coefficient (Wildman–Crippen LogP) is 2.46. The lowest BCUT2D eigenvalue weighted by molar-refractivity contribution is -0.138. The zero-order valence-corrected chi connectivity index (χ0v) is 14.6. The summed E-state index contributed by atoms with van der Waals surface area (Å²) in [7, 11) is 0. The number of carbonyl (C=O) groups is 1. The van der Waals surface area contributed by atoms with Crippen molar-refractivity contribution >= 4 is 27.5 Å². The van der Waals surface area contributed by atoms with Crippen molar-refractivity contribution in [1.82, 2.24) is 14.8 Å². The molecule has 7 nitrogen and oxygen atoms in total. The largest absolute Gasteiger partial charge is 0.419 e. The summed E-state index contributed by atoms with van der Waals surface area (Å²) in [6.45, 7) is 0.620. The van der Waals surface area contributed by atoms with E-state index in [0.717, 1.165) is 17.8 Å². The molecule has 2 aromatic heterocycles. The molecule has 0 fully saturated rings. The van der Waals surface area contributed by atoms with Gasteiger partial charge in [-0.25, -0.2) is 4.98 Å². The molecule has 0 aromatic carbocycles. The van der Waals surface area contributed by atoms with Gasteiger partial charge in [-0.15, -0.1) is 5.10 Å². The highest BCUT2D eigenvalue weighted by molar-refractivity contribution is 9.10. The summed E-state index contributed by atoms with van der Waals surface area (Å²) in [6.07, 6.45) is -2.81. The van der Waals surface area contributed by atoms with Crippen LogP contribution in [0.5, 0.6) is 0 Å². The van der Waals surface area contributed by atoms with E-state index in [9.17, 15) is 27.5 Å². The first-order valence-electron chi connectivity index (χ1n) is 6.83. The Morgan fingerprint density at radius 1 is 1.50 bits per heavy atom. The Hall–Kier alpha value is -2.52. The molecule has 2 heterocycles. The second-order valence-corrected chi connectivity index (χ2v) is 6.28. The highest BCUT2D eigenvalue weighted by Gasteiger charge is 2.36. The predicted molar refractivity (Wildman–Crippen MR) is 83.1 cm³/mol. The first-order chi connectivity index (χ1) is 11.9. The Morgan fingerprint density at radius 2 is 2.15 bits per heavy atom. The lowest BCUT2D eigenvalue weighted by Crippen LogP contribution is -2.44. The van der Waals surface area contributed by atoms with Crippen LogP contribution in [0.2, 0.25) is 0 Å². The zero-order valence-electron chi connectivity index (χ0n) is 13.0. The molecule has 2 N–H and O–H groups in total. The van der Waals surface area contributed by atoms with Crippen LogP contribution >= 0.6 is 15.9 Å². The van der Waals surface area contributed by atoms with Crippen molar-refractivity contribution in [3.05, 3.63) is 40.1 Å². The molecule has 0 saturated heterocycles. The molecule has 0 spiro atoms. The Bertz CT molecular complexity index is 869. The lowest BCUT2D eigenvalue weighted by Gasteiger charge is -2.22. The minimum Gasteiger partial charge on any atom is -0.378 e. The van der Waals surface area contributed by atoms with Gasteiger partial charge in [0, 0.05) is 6.20 Å². The van der Waals surface area contributed by atoms with E-state index in [4.69, 9.17) is 5.26 Å². The molecule has 0 unspecified atom stereocenters. The number of nitrogens with one attached hydrogen (secondary N) is 1.